The highest BCUT2D eigenvalue weighted by atomic mass is 16.5. The molecule has 0 saturated heterocycles. The number of phenols is 1. The number of methoxy groups -OCH3 is 1. The van der Waals surface area contributed by atoms with Gasteiger partial charge in [0, 0.05) is 13.1 Å². The summed E-state index contributed by atoms with van der Waals surface area (Å²) in [7, 11) is 1.66. The van der Waals surface area contributed by atoms with Gasteiger partial charge in [-0.05, 0) is 42.3 Å². The van der Waals surface area contributed by atoms with Crippen molar-refractivity contribution in [2.45, 2.75) is 20.0 Å². The standard InChI is InChI=1S/C17H21NO3/c1-3-21-17-10-14(7-8-16(17)19)12-18-11-13-5-4-6-15(9-13)20-2/h4-10,18-19H,3,11-12H2,1-2H3. The van der Waals surface area contributed by atoms with Crippen molar-refractivity contribution in [3.05, 3.63) is 53.6 Å². The predicted molar refractivity (Wildman–Crippen MR) is 82.8 cm³/mol. The molecule has 112 valence electrons. The maximum absolute atomic E-state index is 9.67. The van der Waals surface area contributed by atoms with Gasteiger partial charge in [-0.3, -0.25) is 0 Å². The lowest BCUT2D eigenvalue weighted by Gasteiger charge is -2.10. The molecule has 0 aliphatic rings. The fourth-order valence-electron chi connectivity index (χ4n) is 2.07. The normalized spacial score (nSPS) is 10.4. The zero-order valence-corrected chi connectivity index (χ0v) is 12.4. The van der Waals surface area contributed by atoms with E-state index in [9.17, 15) is 5.11 Å². The molecule has 0 aromatic heterocycles. The Kier molecular flexibility index (Phi) is 5.46. The zero-order chi connectivity index (χ0) is 15.1. The molecule has 0 amide bonds. The third kappa shape index (κ3) is 4.39. The van der Waals surface area contributed by atoms with Gasteiger partial charge in [-0.15, -0.1) is 0 Å². The maximum Gasteiger partial charge on any atom is 0.161 e. The van der Waals surface area contributed by atoms with Crippen LogP contribution in [0.2, 0.25) is 0 Å². The van der Waals surface area contributed by atoms with Crippen LogP contribution in [0.25, 0.3) is 0 Å². The average molecular weight is 287 g/mol. The molecule has 4 nitrogen and oxygen atoms in total. The van der Waals surface area contributed by atoms with E-state index in [2.05, 4.69) is 11.4 Å². The SMILES string of the molecule is CCOc1cc(CNCc2cccc(OC)c2)ccc1O. The fourth-order valence-corrected chi connectivity index (χ4v) is 2.07. The fraction of sp³-hybridized carbons (Fsp3) is 0.294. The van der Waals surface area contributed by atoms with Gasteiger partial charge >= 0.3 is 0 Å². The topological polar surface area (TPSA) is 50.7 Å². The lowest BCUT2D eigenvalue weighted by Crippen LogP contribution is -2.12. The summed E-state index contributed by atoms with van der Waals surface area (Å²) in [6, 6.07) is 13.4. The van der Waals surface area contributed by atoms with Gasteiger partial charge in [-0.2, -0.15) is 0 Å². The molecule has 0 atom stereocenters. The summed E-state index contributed by atoms with van der Waals surface area (Å²) in [5, 5.41) is 13.0. The van der Waals surface area contributed by atoms with E-state index >= 15 is 0 Å². The van der Waals surface area contributed by atoms with E-state index in [1.165, 1.54) is 0 Å². The van der Waals surface area contributed by atoms with Crippen molar-refractivity contribution in [2.75, 3.05) is 13.7 Å². The molecule has 4 heteroatoms. The molecule has 0 radical (unpaired) electrons. The summed E-state index contributed by atoms with van der Waals surface area (Å²) in [5.74, 6) is 1.56. The molecule has 0 aliphatic carbocycles. The number of hydrogen-bond acceptors (Lipinski definition) is 4. The second kappa shape index (κ2) is 7.55. The molecule has 0 saturated carbocycles. The van der Waals surface area contributed by atoms with Gasteiger partial charge < -0.3 is 19.9 Å². The molecule has 0 fully saturated rings. The van der Waals surface area contributed by atoms with Crippen molar-refractivity contribution >= 4 is 0 Å². The number of aromatic hydroxyl groups is 1. The average Bonchev–Trinajstić information content (AvgIpc) is 2.51. The number of phenolic OH excluding ortho intramolecular Hbond substituents is 1. The Morgan fingerprint density at radius 1 is 1.05 bits per heavy atom. The van der Waals surface area contributed by atoms with Crippen molar-refractivity contribution in [1.29, 1.82) is 0 Å². The first-order valence-electron chi connectivity index (χ1n) is 7.01. The molecule has 0 bridgehead atoms. The smallest absolute Gasteiger partial charge is 0.161 e. The predicted octanol–water partition coefficient (Wildman–Crippen LogP) is 3.09. The van der Waals surface area contributed by atoms with Gasteiger partial charge in [0.2, 0.25) is 0 Å². The van der Waals surface area contributed by atoms with Crippen LogP contribution in [0, 0.1) is 0 Å². The molecule has 2 aromatic carbocycles. The van der Waals surface area contributed by atoms with Crippen molar-refractivity contribution < 1.29 is 14.6 Å². The highest BCUT2D eigenvalue weighted by Crippen LogP contribution is 2.26. The Morgan fingerprint density at radius 2 is 1.81 bits per heavy atom. The molecule has 2 aromatic rings. The Morgan fingerprint density at radius 3 is 2.52 bits per heavy atom. The minimum Gasteiger partial charge on any atom is -0.504 e. The van der Waals surface area contributed by atoms with Crippen LogP contribution < -0.4 is 14.8 Å². The van der Waals surface area contributed by atoms with Crippen molar-refractivity contribution in [3.8, 4) is 17.2 Å². The Labute approximate surface area is 125 Å². The van der Waals surface area contributed by atoms with E-state index in [-0.39, 0.29) is 5.75 Å². The molecule has 2 rings (SSSR count). The summed E-state index contributed by atoms with van der Waals surface area (Å²) in [6.45, 7) is 3.89. The molecule has 0 aliphatic heterocycles. The third-order valence-corrected chi connectivity index (χ3v) is 3.12. The molecule has 0 heterocycles. The zero-order valence-electron chi connectivity index (χ0n) is 12.4. The number of benzene rings is 2. The highest BCUT2D eigenvalue weighted by molar-refractivity contribution is 5.41. The summed E-state index contributed by atoms with van der Waals surface area (Å²) in [4.78, 5) is 0. The van der Waals surface area contributed by atoms with Crippen LogP contribution in [0.1, 0.15) is 18.1 Å². The minimum atomic E-state index is 0.174. The van der Waals surface area contributed by atoms with Gasteiger partial charge in [0.05, 0.1) is 13.7 Å². The van der Waals surface area contributed by atoms with Gasteiger partial charge in [0.1, 0.15) is 5.75 Å². The van der Waals surface area contributed by atoms with E-state index < -0.39 is 0 Å². The maximum atomic E-state index is 9.67. The molecular formula is C17H21NO3. The molecule has 0 spiro atoms. The number of rotatable bonds is 7. The Balaban J connectivity index is 1.92. The lowest BCUT2D eigenvalue weighted by atomic mass is 10.2. The van der Waals surface area contributed by atoms with Crippen LogP contribution >= 0.6 is 0 Å². The molecule has 21 heavy (non-hydrogen) atoms. The van der Waals surface area contributed by atoms with Crippen molar-refractivity contribution in [3.63, 3.8) is 0 Å². The Hall–Kier alpha value is -2.20. The first kappa shape index (κ1) is 15.2. The van der Waals surface area contributed by atoms with Gasteiger partial charge in [-0.25, -0.2) is 0 Å². The van der Waals surface area contributed by atoms with Crippen LogP contribution in [0.5, 0.6) is 17.2 Å². The lowest BCUT2D eigenvalue weighted by molar-refractivity contribution is 0.317. The third-order valence-electron chi connectivity index (χ3n) is 3.12. The summed E-state index contributed by atoms with van der Waals surface area (Å²) in [5.41, 5.74) is 2.23. The van der Waals surface area contributed by atoms with E-state index in [1.54, 1.807) is 13.2 Å². The van der Waals surface area contributed by atoms with Crippen LogP contribution in [-0.4, -0.2) is 18.8 Å². The van der Waals surface area contributed by atoms with Crippen LogP contribution in [0.3, 0.4) is 0 Å². The van der Waals surface area contributed by atoms with Crippen LogP contribution in [0.4, 0.5) is 0 Å². The minimum absolute atomic E-state index is 0.174. The Bertz CT molecular complexity index is 584. The highest BCUT2D eigenvalue weighted by Gasteiger charge is 2.03. The first-order valence-corrected chi connectivity index (χ1v) is 7.01. The summed E-state index contributed by atoms with van der Waals surface area (Å²) < 4.78 is 10.6. The number of ether oxygens (including phenoxy) is 2. The first-order chi connectivity index (χ1) is 10.2. The summed E-state index contributed by atoms with van der Waals surface area (Å²) >= 11 is 0. The largest absolute Gasteiger partial charge is 0.504 e. The van der Waals surface area contributed by atoms with Crippen LogP contribution in [-0.2, 0) is 13.1 Å². The number of nitrogens with one attached hydrogen (secondary N) is 1. The van der Waals surface area contributed by atoms with Crippen LogP contribution in [0.15, 0.2) is 42.5 Å². The van der Waals surface area contributed by atoms with Gasteiger partial charge in [0.15, 0.2) is 11.5 Å². The monoisotopic (exact) mass is 287 g/mol. The second-order valence-corrected chi connectivity index (χ2v) is 4.69. The molecule has 0 unspecified atom stereocenters. The molecular weight excluding hydrogens is 266 g/mol. The van der Waals surface area contributed by atoms with E-state index in [4.69, 9.17) is 9.47 Å². The second-order valence-electron chi connectivity index (χ2n) is 4.69. The van der Waals surface area contributed by atoms with Gasteiger partial charge in [0.25, 0.3) is 0 Å². The van der Waals surface area contributed by atoms with E-state index in [0.29, 0.717) is 18.9 Å². The number of hydrogen-bond donors (Lipinski definition) is 2. The van der Waals surface area contributed by atoms with E-state index in [0.717, 1.165) is 23.4 Å². The van der Waals surface area contributed by atoms with E-state index in [1.807, 2.05) is 37.3 Å². The van der Waals surface area contributed by atoms with Gasteiger partial charge in [-0.1, -0.05) is 18.2 Å². The van der Waals surface area contributed by atoms with Crippen molar-refractivity contribution in [1.82, 2.24) is 5.32 Å². The quantitative estimate of drug-likeness (QED) is 0.821. The summed E-state index contributed by atoms with van der Waals surface area (Å²) in [6.07, 6.45) is 0. The van der Waals surface area contributed by atoms with Crippen molar-refractivity contribution in [2.24, 2.45) is 0 Å². The molecule has 2 N–H and O–H groups in total.